The zero-order valence-electron chi connectivity index (χ0n) is 15.1. The van der Waals surface area contributed by atoms with Crippen molar-refractivity contribution in [2.24, 2.45) is 0 Å². The number of aryl methyl sites for hydroxylation is 2. The lowest BCUT2D eigenvalue weighted by Crippen LogP contribution is -2.46. The molecule has 1 N–H and O–H groups in total. The molecule has 136 valence electrons. The molecule has 0 aliphatic carbocycles. The summed E-state index contributed by atoms with van der Waals surface area (Å²) in [5, 5.41) is 3.04. The Bertz CT molecular complexity index is 753. The van der Waals surface area contributed by atoms with Gasteiger partial charge in [0.15, 0.2) is 0 Å². The van der Waals surface area contributed by atoms with Gasteiger partial charge in [0.25, 0.3) is 5.91 Å². The molecule has 3 rings (SSSR count). The minimum absolute atomic E-state index is 0.0951. The van der Waals surface area contributed by atoms with Crippen LogP contribution in [-0.4, -0.2) is 40.8 Å². The maximum atomic E-state index is 12.4. The SMILES string of the molecule is Cc1cccc(CCC(=O)N2CCC(NC(=O)c3cccnc3)CC2)c1. The number of aromatic nitrogens is 1. The monoisotopic (exact) mass is 351 g/mol. The fourth-order valence-electron chi connectivity index (χ4n) is 3.32. The Hall–Kier alpha value is -2.69. The number of piperidine rings is 1. The third kappa shape index (κ3) is 4.91. The van der Waals surface area contributed by atoms with Crippen LogP contribution in [0.2, 0.25) is 0 Å². The van der Waals surface area contributed by atoms with Crippen LogP contribution in [0.25, 0.3) is 0 Å². The summed E-state index contributed by atoms with van der Waals surface area (Å²) < 4.78 is 0. The van der Waals surface area contributed by atoms with E-state index in [1.807, 2.05) is 11.0 Å². The molecule has 0 saturated carbocycles. The molecular formula is C21H25N3O2. The summed E-state index contributed by atoms with van der Waals surface area (Å²) in [5.74, 6) is 0.103. The van der Waals surface area contributed by atoms with Crippen molar-refractivity contribution in [3.05, 3.63) is 65.5 Å². The Morgan fingerprint density at radius 1 is 1.19 bits per heavy atom. The van der Waals surface area contributed by atoms with Gasteiger partial charge >= 0.3 is 0 Å². The predicted molar refractivity (Wildman–Crippen MR) is 101 cm³/mol. The van der Waals surface area contributed by atoms with Gasteiger partial charge in [-0.25, -0.2) is 0 Å². The number of pyridine rings is 1. The molecule has 0 radical (unpaired) electrons. The van der Waals surface area contributed by atoms with Crippen LogP contribution in [0.5, 0.6) is 0 Å². The summed E-state index contributed by atoms with van der Waals surface area (Å²) >= 11 is 0. The first-order chi connectivity index (χ1) is 12.6. The van der Waals surface area contributed by atoms with Crippen LogP contribution < -0.4 is 5.32 Å². The van der Waals surface area contributed by atoms with Gasteiger partial charge in [0, 0.05) is 37.9 Å². The van der Waals surface area contributed by atoms with Gasteiger partial charge in [-0.2, -0.15) is 0 Å². The molecular weight excluding hydrogens is 326 g/mol. The predicted octanol–water partition coefficient (Wildman–Crippen LogP) is 2.74. The first-order valence-electron chi connectivity index (χ1n) is 9.16. The van der Waals surface area contributed by atoms with Crippen molar-refractivity contribution in [3.63, 3.8) is 0 Å². The molecule has 1 aromatic heterocycles. The van der Waals surface area contributed by atoms with E-state index in [4.69, 9.17) is 0 Å². The summed E-state index contributed by atoms with van der Waals surface area (Å²) in [6.45, 7) is 3.46. The number of rotatable bonds is 5. The maximum Gasteiger partial charge on any atom is 0.253 e. The molecule has 1 fully saturated rings. The Kier molecular flexibility index (Phi) is 6.00. The molecule has 2 aromatic rings. The number of carbonyl (C=O) groups is 2. The highest BCUT2D eigenvalue weighted by atomic mass is 16.2. The molecule has 0 unspecified atom stereocenters. The largest absolute Gasteiger partial charge is 0.349 e. The van der Waals surface area contributed by atoms with Crippen molar-refractivity contribution in [2.75, 3.05) is 13.1 Å². The van der Waals surface area contributed by atoms with Gasteiger partial charge in [-0.15, -0.1) is 0 Å². The number of hydrogen-bond donors (Lipinski definition) is 1. The quantitative estimate of drug-likeness (QED) is 0.901. The smallest absolute Gasteiger partial charge is 0.253 e. The molecule has 26 heavy (non-hydrogen) atoms. The third-order valence-corrected chi connectivity index (χ3v) is 4.82. The van der Waals surface area contributed by atoms with E-state index in [-0.39, 0.29) is 17.9 Å². The van der Waals surface area contributed by atoms with Gasteiger partial charge in [-0.1, -0.05) is 29.8 Å². The molecule has 5 heteroatoms. The minimum atomic E-state index is -0.0951. The van der Waals surface area contributed by atoms with E-state index in [0.29, 0.717) is 25.1 Å². The number of nitrogens with zero attached hydrogens (tertiary/aromatic N) is 2. The summed E-state index contributed by atoms with van der Waals surface area (Å²) in [5.41, 5.74) is 3.00. The van der Waals surface area contributed by atoms with Gasteiger partial charge in [-0.05, 0) is 43.9 Å². The molecule has 1 aliphatic rings. The maximum absolute atomic E-state index is 12.4. The molecule has 5 nitrogen and oxygen atoms in total. The number of hydrogen-bond acceptors (Lipinski definition) is 3. The second-order valence-corrected chi connectivity index (χ2v) is 6.86. The van der Waals surface area contributed by atoms with Crippen molar-refractivity contribution in [2.45, 2.75) is 38.6 Å². The molecule has 0 spiro atoms. The first kappa shape index (κ1) is 18.1. The molecule has 0 atom stereocenters. The van der Waals surface area contributed by atoms with Gasteiger partial charge in [0.05, 0.1) is 5.56 Å². The number of nitrogens with one attached hydrogen (secondary N) is 1. The molecule has 2 amide bonds. The lowest BCUT2D eigenvalue weighted by Gasteiger charge is -2.32. The summed E-state index contributed by atoms with van der Waals surface area (Å²) in [7, 11) is 0. The van der Waals surface area contributed by atoms with E-state index in [2.05, 4.69) is 35.4 Å². The van der Waals surface area contributed by atoms with Gasteiger partial charge in [0.1, 0.15) is 0 Å². The van der Waals surface area contributed by atoms with Crippen molar-refractivity contribution < 1.29 is 9.59 Å². The van der Waals surface area contributed by atoms with E-state index in [1.54, 1.807) is 24.5 Å². The van der Waals surface area contributed by atoms with E-state index in [0.717, 1.165) is 19.3 Å². The Balaban J connectivity index is 1.43. The van der Waals surface area contributed by atoms with Crippen LogP contribution in [0.15, 0.2) is 48.8 Å². The van der Waals surface area contributed by atoms with Crippen LogP contribution >= 0.6 is 0 Å². The average molecular weight is 351 g/mol. The highest BCUT2D eigenvalue weighted by molar-refractivity contribution is 5.94. The fraction of sp³-hybridized carbons (Fsp3) is 0.381. The van der Waals surface area contributed by atoms with Gasteiger partial charge < -0.3 is 10.2 Å². The van der Waals surface area contributed by atoms with E-state index in [9.17, 15) is 9.59 Å². The number of likely N-dealkylation sites (tertiary alicyclic amines) is 1. The van der Waals surface area contributed by atoms with Gasteiger partial charge in [-0.3, -0.25) is 14.6 Å². The van der Waals surface area contributed by atoms with Crippen LogP contribution in [0.1, 0.15) is 40.7 Å². The van der Waals surface area contributed by atoms with Crippen molar-refractivity contribution in [1.29, 1.82) is 0 Å². The second kappa shape index (κ2) is 8.61. The molecule has 1 aliphatic heterocycles. The molecule has 1 aromatic carbocycles. The van der Waals surface area contributed by atoms with Crippen molar-refractivity contribution in [1.82, 2.24) is 15.2 Å². The molecule has 1 saturated heterocycles. The highest BCUT2D eigenvalue weighted by Crippen LogP contribution is 2.14. The summed E-state index contributed by atoms with van der Waals surface area (Å²) in [4.78, 5) is 30.5. The van der Waals surface area contributed by atoms with Crippen LogP contribution in [0.3, 0.4) is 0 Å². The van der Waals surface area contributed by atoms with Gasteiger partial charge in [0.2, 0.25) is 5.91 Å². The molecule has 2 heterocycles. The average Bonchev–Trinajstić information content (AvgIpc) is 2.67. The molecule has 0 bridgehead atoms. The fourth-order valence-corrected chi connectivity index (χ4v) is 3.32. The summed E-state index contributed by atoms with van der Waals surface area (Å²) in [6.07, 6.45) is 6.12. The van der Waals surface area contributed by atoms with E-state index >= 15 is 0 Å². The van der Waals surface area contributed by atoms with E-state index < -0.39 is 0 Å². The third-order valence-electron chi connectivity index (χ3n) is 4.82. The first-order valence-corrected chi connectivity index (χ1v) is 9.16. The number of amides is 2. The van der Waals surface area contributed by atoms with Crippen molar-refractivity contribution >= 4 is 11.8 Å². The number of carbonyl (C=O) groups excluding carboxylic acids is 2. The highest BCUT2D eigenvalue weighted by Gasteiger charge is 2.23. The minimum Gasteiger partial charge on any atom is -0.349 e. The number of benzene rings is 1. The van der Waals surface area contributed by atoms with E-state index in [1.165, 1.54) is 11.1 Å². The topological polar surface area (TPSA) is 62.3 Å². The van der Waals surface area contributed by atoms with Crippen molar-refractivity contribution in [3.8, 4) is 0 Å². The zero-order chi connectivity index (χ0) is 18.4. The van der Waals surface area contributed by atoms with Crippen LogP contribution in [0.4, 0.5) is 0 Å². The standard InChI is InChI=1S/C21H25N3O2/c1-16-4-2-5-17(14-16)7-8-20(25)24-12-9-19(10-13-24)23-21(26)18-6-3-11-22-15-18/h2-6,11,14-15,19H,7-10,12-13H2,1H3,(H,23,26). The Morgan fingerprint density at radius 2 is 2.00 bits per heavy atom. The lowest BCUT2D eigenvalue weighted by molar-refractivity contribution is -0.132. The van der Waals surface area contributed by atoms with Crippen LogP contribution in [0, 0.1) is 6.92 Å². The zero-order valence-corrected chi connectivity index (χ0v) is 15.1. The van der Waals surface area contributed by atoms with Crippen LogP contribution in [-0.2, 0) is 11.2 Å². The lowest BCUT2D eigenvalue weighted by atomic mass is 10.0. The Morgan fingerprint density at radius 3 is 2.69 bits per heavy atom. The summed E-state index contributed by atoms with van der Waals surface area (Å²) in [6, 6.07) is 11.9. The second-order valence-electron chi connectivity index (χ2n) is 6.86. The Labute approximate surface area is 154 Å². The normalized spacial score (nSPS) is 14.9.